The van der Waals surface area contributed by atoms with Crippen molar-refractivity contribution in [1.29, 1.82) is 0 Å². The monoisotopic (exact) mass is 417 g/mol. The summed E-state index contributed by atoms with van der Waals surface area (Å²) in [7, 11) is 0. The van der Waals surface area contributed by atoms with E-state index in [4.69, 9.17) is 9.47 Å². The third-order valence-corrected chi connectivity index (χ3v) is 4.40. The van der Waals surface area contributed by atoms with E-state index < -0.39 is 11.9 Å². The number of hydrogen-bond acceptors (Lipinski definition) is 7. The van der Waals surface area contributed by atoms with Crippen molar-refractivity contribution in [3.63, 3.8) is 0 Å². The fourth-order valence-electron chi connectivity index (χ4n) is 2.91. The molecule has 1 aliphatic heterocycles. The molecule has 0 amide bonds. The average Bonchev–Trinajstić information content (AvgIpc) is 3.25. The second-order valence-corrected chi connectivity index (χ2v) is 6.66. The molecule has 3 aromatic rings. The van der Waals surface area contributed by atoms with Gasteiger partial charge in [0.25, 0.3) is 0 Å². The van der Waals surface area contributed by atoms with Gasteiger partial charge in [-0.05, 0) is 23.8 Å². The highest BCUT2D eigenvalue weighted by atomic mass is 19.4. The molecule has 30 heavy (non-hydrogen) atoms. The molecule has 1 atom stereocenters. The standard InChI is InChI=1S/C20H18F3N5O2/c21-20(22,23)16-10-17(28-19(27-16)14-2-5-24-6-3-14)26-11-13-1-7-25-18(9-13)30-15-4-8-29-12-15/h1-3,5-7,9-10,15H,4,8,11-12H2,(H,26,27,28). The summed E-state index contributed by atoms with van der Waals surface area (Å²) in [6.07, 6.45) is 0.691. The van der Waals surface area contributed by atoms with E-state index in [0.29, 0.717) is 24.7 Å². The van der Waals surface area contributed by atoms with Gasteiger partial charge in [-0.2, -0.15) is 13.2 Å². The minimum absolute atomic E-state index is 0.0327. The third kappa shape index (κ3) is 5.01. The van der Waals surface area contributed by atoms with E-state index in [1.165, 1.54) is 12.4 Å². The molecule has 1 N–H and O–H groups in total. The van der Waals surface area contributed by atoms with Gasteiger partial charge in [-0.3, -0.25) is 4.98 Å². The first-order valence-corrected chi connectivity index (χ1v) is 9.27. The molecule has 10 heteroatoms. The Morgan fingerprint density at radius 1 is 1.10 bits per heavy atom. The average molecular weight is 417 g/mol. The highest BCUT2D eigenvalue weighted by Crippen LogP contribution is 2.30. The number of nitrogens with one attached hydrogen (secondary N) is 1. The van der Waals surface area contributed by atoms with Gasteiger partial charge in [0, 0.05) is 49.3 Å². The maximum Gasteiger partial charge on any atom is 0.433 e. The zero-order valence-electron chi connectivity index (χ0n) is 15.8. The first-order valence-electron chi connectivity index (χ1n) is 9.27. The summed E-state index contributed by atoms with van der Waals surface area (Å²) in [5, 5.41) is 2.93. The number of hydrogen-bond donors (Lipinski definition) is 1. The Labute approximate surface area is 170 Å². The van der Waals surface area contributed by atoms with E-state index >= 15 is 0 Å². The normalized spacial score (nSPS) is 16.4. The SMILES string of the molecule is FC(F)(F)c1cc(NCc2ccnc(OC3CCOC3)c2)nc(-c2ccncc2)n1. The van der Waals surface area contributed by atoms with Crippen LogP contribution in [0.2, 0.25) is 0 Å². The van der Waals surface area contributed by atoms with E-state index in [2.05, 4.69) is 25.3 Å². The van der Waals surface area contributed by atoms with Crippen LogP contribution in [0.1, 0.15) is 17.7 Å². The molecule has 1 fully saturated rings. The number of aromatic nitrogens is 4. The number of anilines is 1. The Bertz CT molecular complexity index is 995. The Kier molecular flexibility index (Phi) is 5.75. The van der Waals surface area contributed by atoms with Gasteiger partial charge in [-0.25, -0.2) is 15.0 Å². The van der Waals surface area contributed by atoms with Gasteiger partial charge < -0.3 is 14.8 Å². The van der Waals surface area contributed by atoms with Crippen molar-refractivity contribution < 1.29 is 22.6 Å². The highest BCUT2D eigenvalue weighted by Gasteiger charge is 2.33. The van der Waals surface area contributed by atoms with Crippen LogP contribution in [0.25, 0.3) is 11.4 Å². The second kappa shape index (κ2) is 8.62. The fraction of sp³-hybridized carbons (Fsp3) is 0.300. The van der Waals surface area contributed by atoms with Gasteiger partial charge in [-0.15, -0.1) is 0 Å². The smallest absolute Gasteiger partial charge is 0.433 e. The van der Waals surface area contributed by atoms with E-state index in [9.17, 15) is 13.2 Å². The van der Waals surface area contributed by atoms with Crippen molar-refractivity contribution in [1.82, 2.24) is 19.9 Å². The maximum absolute atomic E-state index is 13.3. The number of nitrogens with zero attached hydrogens (tertiary/aromatic N) is 4. The van der Waals surface area contributed by atoms with Crippen molar-refractivity contribution in [2.45, 2.75) is 25.2 Å². The van der Waals surface area contributed by atoms with E-state index in [1.807, 2.05) is 0 Å². The summed E-state index contributed by atoms with van der Waals surface area (Å²) in [6.45, 7) is 1.41. The van der Waals surface area contributed by atoms with Crippen molar-refractivity contribution in [2.75, 3.05) is 18.5 Å². The molecule has 0 spiro atoms. The molecule has 1 aliphatic rings. The number of halogens is 3. The van der Waals surface area contributed by atoms with Crippen LogP contribution in [0, 0.1) is 0 Å². The summed E-state index contributed by atoms with van der Waals surface area (Å²) in [5.74, 6) is 0.475. The number of alkyl halides is 3. The Morgan fingerprint density at radius 3 is 2.67 bits per heavy atom. The van der Waals surface area contributed by atoms with Gasteiger partial charge >= 0.3 is 6.18 Å². The molecule has 0 saturated carbocycles. The fourth-order valence-corrected chi connectivity index (χ4v) is 2.91. The Balaban J connectivity index is 1.52. The lowest BCUT2D eigenvalue weighted by atomic mass is 10.2. The zero-order chi connectivity index (χ0) is 21.0. The second-order valence-electron chi connectivity index (χ2n) is 6.66. The lowest BCUT2D eigenvalue weighted by Gasteiger charge is -2.13. The number of pyridine rings is 2. The minimum atomic E-state index is -4.60. The van der Waals surface area contributed by atoms with Gasteiger partial charge in [0.05, 0.1) is 13.2 Å². The van der Waals surface area contributed by atoms with Crippen molar-refractivity contribution in [3.8, 4) is 17.3 Å². The van der Waals surface area contributed by atoms with Crippen molar-refractivity contribution in [3.05, 3.63) is 60.2 Å². The third-order valence-electron chi connectivity index (χ3n) is 4.40. The predicted molar refractivity (Wildman–Crippen MR) is 102 cm³/mol. The molecule has 7 nitrogen and oxygen atoms in total. The highest BCUT2D eigenvalue weighted by molar-refractivity contribution is 5.57. The van der Waals surface area contributed by atoms with Gasteiger partial charge in [0.1, 0.15) is 11.9 Å². The molecule has 4 rings (SSSR count). The van der Waals surface area contributed by atoms with Gasteiger partial charge in [0.15, 0.2) is 11.5 Å². The lowest BCUT2D eigenvalue weighted by Crippen LogP contribution is -2.16. The summed E-state index contributed by atoms with van der Waals surface area (Å²) >= 11 is 0. The largest absolute Gasteiger partial charge is 0.472 e. The molecule has 156 valence electrons. The first kappa shape index (κ1) is 20.0. The first-order chi connectivity index (χ1) is 14.5. The van der Waals surface area contributed by atoms with Crippen molar-refractivity contribution in [2.24, 2.45) is 0 Å². The summed E-state index contributed by atoms with van der Waals surface area (Å²) in [6, 6.07) is 7.48. The maximum atomic E-state index is 13.3. The molecule has 0 aromatic carbocycles. The van der Waals surface area contributed by atoms with Gasteiger partial charge in [0.2, 0.25) is 5.88 Å². The summed E-state index contributed by atoms with van der Waals surface area (Å²) in [4.78, 5) is 15.9. The molecule has 0 bridgehead atoms. The van der Waals surface area contributed by atoms with Gasteiger partial charge in [-0.1, -0.05) is 0 Å². The topological polar surface area (TPSA) is 82.1 Å². The molecule has 1 saturated heterocycles. The van der Waals surface area contributed by atoms with Crippen LogP contribution in [-0.2, 0) is 17.5 Å². The van der Waals surface area contributed by atoms with Crippen LogP contribution in [0.3, 0.4) is 0 Å². The molecular weight excluding hydrogens is 399 g/mol. The quantitative estimate of drug-likeness (QED) is 0.654. The zero-order valence-corrected chi connectivity index (χ0v) is 15.8. The van der Waals surface area contributed by atoms with E-state index in [0.717, 1.165) is 18.1 Å². The van der Waals surface area contributed by atoms with Crippen LogP contribution in [0.15, 0.2) is 48.9 Å². The van der Waals surface area contributed by atoms with E-state index in [1.54, 1.807) is 30.5 Å². The predicted octanol–water partition coefficient (Wildman–Crippen LogP) is 3.73. The van der Waals surface area contributed by atoms with Crippen molar-refractivity contribution >= 4 is 5.82 Å². The molecule has 4 heterocycles. The number of ether oxygens (including phenoxy) is 2. The van der Waals surface area contributed by atoms with Crippen LogP contribution in [-0.4, -0.2) is 39.3 Å². The van der Waals surface area contributed by atoms with E-state index in [-0.39, 0.29) is 24.3 Å². The summed E-state index contributed by atoms with van der Waals surface area (Å²) < 4.78 is 51.0. The molecule has 3 aromatic heterocycles. The molecule has 0 aliphatic carbocycles. The minimum Gasteiger partial charge on any atom is -0.472 e. The summed E-state index contributed by atoms with van der Waals surface area (Å²) in [5.41, 5.74) is 0.209. The van der Waals surface area contributed by atoms with Crippen LogP contribution in [0.5, 0.6) is 5.88 Å². The molecule has 1 unspecified atom stereocenters. The van der Waals surface area contributed by atoms with Crippen LogP contribution < -0.4 is 10.1 Å². The van der Waals surface area contributed by atoms with Crippen LogP contribution >= 0.6 is 0 Å². The molecule has 0 radical (unpaired) electrons. The van der Waals surface area contributed by atoms with Crippen LogP contribution in [0.4, 0.5) is 19.0 Å². The Hall–Kier alpha value is -3.27. The molecular formula is C20H18F3N5O2. The Morgan fingerprint density at radius 2 is 1.93 bits per heavy atom. The number of rotatable bonds is 6. The lowest BCUT2D eigenvalue weighted by molar-refractivity contribution is -0.141.